The van der Waals surface area contributed by atoms with Crippen LogP contribution in [-0.4, -0.2) is 30.3 Å². The summed E-state index contributed by atoms with van der Waals surface area (Å²) in [6.07, 6.45) is 3.22. The minimum Gasteiger partial charge on any atom is -0.394 e. The van der Waals surface area contributed by atoms with Crippen LogP contribution in [0.4, 0.5) is 4.79 Å². The fourth-order valence-corrected chi connectivity index (χ4v) is 2.94. The number of rotatable bonds is 5. The van der Waals surface area contributed by atoms with Crippen molar-refractivity contribution in [2.24, 2.45) is 0 Å². The van der Waals surface area contributed by atoms with Gasteiger partial charge in [-0.05, 0) is 31.4 Å². The molecule has 0 saturated heterocycles. The van der Waals surface area contributed by atoms with Crippen molar-refractivity contribution < 1.29 is 9.90 Å². The Labute approximate surface area is 124 Å². The van der Waals surface area contributed by atoms with E-state index in [1.54, 1.807) is 6.92 Å². The highest BCUT2D eigenvalue weighted by molar-refractivity contribution is 6.31. The minimum absolute atomic E-state index is 0.0435. The molecule has 1 aliphatic carbocycles. The second kappa shape index (κ2) is 6.46. The van der Waals surface area contributed by atoms with Crippen molar-refractivity contribution in [3.63, 3.8) is 0 Å². The summed E-state index contributed by atoms with van der Waals surface area (Å²) in [5, 5.41) is 15.3. The van der Waals surface area contributed by atoms with Gasteiger partial charge in [-0.2, -0.15) is 0 Å². The summed E-state index contributed by atoms with van der Waals surface area (Å²) in [6, 6.07) is 7.34. The fourth-order valence-electron chi connectivity index (χ4n) is 2.61. The topological polar surface area (TPSA) is 61.4 Å². The molecule has 3 N–H and O–H groups in total. The van der Waals surface area contributed by atoms with Crippen LogP contribution in [0.5, 0.6) is 0 Å². The molecule has 1 aromatic carbocycles. The number of aliphatic hydroxyl groups is 1. The van der Waals surface area contributed by atoms with Gasteiger partial charge in [-0.25, -0.2) is 4.79 Å². The van der Waals surface area contributed by atoms with Gasteiger partial charge in [-0.3, -0.25) is 0 Å². The van der Waals surface area contributed by atoms with Crippen LogP contribution in [0.1, 0.15) is 31.7 Å². The van der Waals surface area contributed by atoms with Crippen LogP contribution >= 0.6 is 11.6 Å². The standard InChI is InChI=1S/C15H21ClN2O2/c1-11(9-19)18-14(20)17-10-15(7-4-8-15)12-5-2-3-6-13(12)16/h2-3,5-6,11,19H,4,7-10H2,1H3,(H2,17,18,20). The lowest BCUT2D eigenvalue weighted by molar-refractivity contribution is 0.204. The molecule has 1 aromatic rings. The van der Waals surface area contributed by atoms with E-state index in [2.05, 4.69) is 10.6 Å². The lowest BCUT2D eigenvalue weighted by Gasteiger charge is -2.43. The molecule has 0 radical (unpaired) electrons. The molecule has 1 saturated carbocycles. The van der Waals surface area contributed by atoms with E-state index in [4.69, 9.17) is 16.7 Å². The highest BCUT2D eigenvalue weighted by atomic mass is 35.5. The van der Waals surface area contributed by atoms with Crippen molar-refractivity contribution in [3.05, 3.63) is 34.9 Å². The van der Waals surface area contributed by atoms with Crippen LogP contribution in [0.25, 0.3) is 0 Å². The Bertz CT molecular complexity index is 475. The average molecular weight is 297 g/mol. The maximum atomic E-state index is 11.7. The average Bonchev–Trinajstić information content (AvgIpc) is 2.39. The van der Waals surface area contributed by atoms with E-state index >= 15 is 0 Å². The summed E-state index contributed by atoms with van der Waals surface area (Å²) in [4.78, 5) is 11.7. The molecule has 1 atom stereocenters. The first-order valence-corrected chi connectivity index (χ1v) is 7.35. The van der Waals surface area contributed by atoms with Gasteiger partial charge in [0, 0.05) is 17.0 Å². The van der Waals surface area contributed by atoms with Crippen molar-refractivity contribution in [2.45, 2.75) is 37.6 Å². The monoisotopic (exact) mass is 296 g/mol. The molecule has 20 heavy (non-hydrogen) atoms. The second-order valence-corrected chi connectivity index (χ2v) is 5.93. The number of hydrogen-bond acceptors (Lipinski definition) is 2. The van der Waals surface area contributed by atoms with E-state index in [1.165, 1.54) is 0 Å². The summed E-state index contributed by atoms with van der Waals surface area (Å²) in [6.45, 7) is 2.26. The van der Waals surface area contributed by atoms with Crippen LogP contribution in [0.2, 0.25) is 5.02 Å². The number of nitrogens with one attached hydrogen (secondary N) is 2. The predicted octanol–water partition coefficient (Wildman–Crippen LogP) is 2.44. The number of carbonyl (C=O) groups excluding carboxylic acids is 1. The fraction of sp³-hybridized carbons (Fsp3) is 0.533. The van der Waals surface area contributed by atoms with Crippen molar-refractivity contribution in [1.82, 2.24) is 10.6 Å². The largest absolute Gasteiger partial charge is 0.394 e. The smallest absolute Gasteiger partial charge is 0.315 e. The molecule has 0 aromatic heterocycles. The number of amides is 2. The molecular formula is C15H21ClN2O2. The zero-order valence-electron chi connectivity index (χ0n) is 11.7. The Morgan fingerprint density at radius 3 is 2.70 bits per heavy atom. The summed E-state index contributed by atoms with van der Waals surface area (Å²) in [7, 11) is 0. The van der Waals surface area contributed by atoms with E-state index in [0.29, 0.717) is 6.54 Å². The quantitative estimate of drug-likeness (QED) is 0.781. The Morgan fingerprint density at radius 2 is 2.15 bits per heavy atom. The number of hydrogen-bond donors (Lipinski definition) is 3. The molecule has 5 heteroatoms. The van der Waals surface area contributed by atoms with Gasteiger partial charge in [0.15, 0.2) is 0 Å². The van der Waals surface area contributed by atoms with Crippen molar-refractivity contribution in [2.75, 3.05) is 13.2 Å². The molecule has 1 fully saturated rings. The maximum Gasteiger partial charge on any atom is 0.315 e. The van der Waals surface area contributed by atoms with Gasteiger partial charge in [-0.1, -0.05) is 36.2 Å². The van der Waals surface area contributed by atoms with Crippen LogP contribution in [0, 0.1) is 0 Å². The van der Waals surface area contributed by atoms with E-state index in [1.807, 2.05) is 24.3 Å². The van der Waals surface area contributed by atoms with Gasteiger partial charge in [-0.15, -0.1) is 0 Å². The van der Waals surface area contributed by atoms with Crippen LogP contribution in [0.15, 0.2) is 24.3 Å². The van der Waals surface area contributed by atoms with Crippen LogP contribution in [-0.2, 0) is 5.41 Å². The Kier molecular flexibility index (Phi) is 4.89. The zero-order chi connectivity index (χ0) is 14.6. The SMILES string of the molecule is CC(CO)NC(=O)NCC1(c2ccccc2Cl)CCC1. The summed E-state index contributed by atoms with van der Waals surface area (Å²) >= 11 is 6.28. The number of urea groups is 1. The van der Waals surface area contributed by atoms with Crippen molar-refractivity contribution >= 4 is 17.6 Å². The Morgan fingerprint density at radius 1 is 1.45 bits per heavy atom. The molecule has 2 amide bonds. The van der Waals surface area contributed by atoms with E-state index in [-0.39, 0.29) is 24.1 Å². The van der Waals surface area contributed by atoms with Crippen molar-refractivity contribution in [1.29, 1.82) is 0 Å². The number of halogens is 1. The van der Waals surface area contributed by atoms with Gasteiger partial charge in [0.05, 0.1) is 12.6 Å². The summed E-state index contributed by atoms with van der Waals surface area (Å²) in [5.74, 6) is 0. The summed E-state index contributed by atoms with van der Waals surface area (Å²) < 4.78 is 0. The zero-order valence-corrected chi connectivity index (χ0v) is 12.4. The minimum atomic E-state index is -0.245. The normalized spacial score (nSPS) is 17.9. The lowest BCUT2D eigenvalue weighted by atomic mass is 9.64. The molecule has 2 rings (SSSR count). The lowest BCUT2D eigenvalue weighted by Crippen LogP contribution is -2.50. The van der Waals surface area contributed by atoms with Crippen LogP contribution < -0.4 is 10.6 Å². The molecule has 0 bridgehead atoms. The second-order valence-electron chi connectivity index (χ2n) is 5.52. The molecule has 4 nitrogen and oxygen atoms in total. The Hall–Kier alpha value is -1.26. The molecule has 0 spiro atoms. The molecule has 0 heterocycles. The molecule has 1 unspecified atom stereocenters. The highest BCUT2D eigenvalue weighted by Gasteiger charge is 2.40. The van der Waals surface area contributed by atoms with Crippen LogP contribution in [0.3, 0.4) is 0 Å². The first-order valence-electron chi connectivity index (χ1n) is 6.98. The molecule has 110 valence electrons. The first-order chi connectivity index (χ1) is 9.57. The van der Waals surface area contributed by atoms with Gasteiger partial charge in [0.25, 0.3) is 0 Å². The molecule has 1 aliphatic rings. The highest BCUT2D eigenvalue weighted by Crippen LogP contribution is 2.45. The number of carbonyl (C=O) groups is 1. The summed E-state index contributed by atoms with van der Waals surface area (Å²) in [5.41, 5.74) is 1.07. The van der Waals surface area contributed by atoms with E-state index in [9.17, 15) is 4.79 Å². The molecular weight excluding hydrogens is 276 g/mol. The third kappa shape index (κ3) is 3.25. The van der Waals surface area contributed by atoms with Gasteiger partial charge in [0.2, 0.25) is 0 Å². The Balaban J connectivity index is 1.99. The van der Waals surface area contributed by atoms with Crippen molar-refractivity contribution in [3.8, 4) is 0 Å². The number of benzene rings is 1. The first kappa shape index (κ1) is 15.1. The third-order valence-corrected chi connectivity index (χ3v) is 4.32. The molecule has 0 aliphatic heterocycles. The van der Waals surface area contributed by atoms with E-state index < -0.39 is 0 Å². The number of aliphatic hydroxyl groups excluding tert-OH is 1. The predicted molar refractivity (Wildman–Crippen MR) is 80.1 cm³/mol. The van der Waals surface area contributed by atoms with Gasteiger partial charge >= 0.3 is 6.03 Å². The van der Waals surface area contributed by atoms with E-state index in [0.717, 1.165) is 29.8 Å². The maximum absolute atomic E-state index is 11.7. The van der Waals surface area contributed by atoms with Gasteiger partial charge in [0.1, 0.15) is 0 Å². The van der Waals surface area contributed by atoms with Gasteiger partial charge < -0.3 is 15.7 Å². The third-order valence-electron chi connectivity index (χ3n) is 3.99.